The molecule has 0 spiro atoms. The predicted molar refractivity (Wildman–Crippen MR) is 75.2 cm³/mol. The predicted octanol–water partition coefficient (Wildman–Crippen LogP) is 3.28. The van der Waals surface area contributed by atoms with Gasteiger partial charge >= 0.3 is 5.97 Å². The number of esters is 1. The third kappa shape index (κ3) is 5.00. The number of hydrogen-bond acceptors (Lipinski definition) is 4. The molecule has 1 saturated carbocycles. The summed E-state index contributed by atoms with van der Waals surface area (Å²) in [7, 11) is 0. The minimum absolute atomic E-state index is 0.0640. The molecule has 114 valence electrons. The zero-order valence-corrected chi connectivity index (χ0v) is 12.2. The highest BCUT2D eigenvalue weighted by Crippen LogP contribution is 2.30. The monoisotopic (exact) mass is 315 g/mol. The zero-order chi connectivity index (χ0) is 15.4. The van der Waals surface area contributed by atoms with Crippen molar-refractivity contribution >= 4 is 29.3 Å². The molecule has 1 aromatic rings. The van der Waals surface area contributed by atoms with Gasteiger partial charge in [-0.3, -0.25) is 9.59 Å². The van der Waals surface area contributed by atoms with E-state index in [1.807, 2.05) is 0 Å². The normalized spacial score (nSPS) is 15.6. The Morgan fingerprint density at radius 2 is 1.90 bits per heavy atom. The Morgan fingerprint density at radius 1 is 1.29 bits per heavy atom. The van der Waals surface area contributed by atoms with E-state index in [2.05, 4.69) is 5.32 Å². The first-order valence-electron chi connectivity index (χ1n) is 6.52. The van der Waals surface area contributed by atoms with Crippen molar-refractivity contribution in [2.45, 2.75) is 36.5 Å². The van der Waals surface area contributed by atoms with Gasteiger partial charge in [-0.2, -0.15) is 8.78 Å². The van der Waals surface area contributed by atoms with E-state index in [0.29, 0.717) is 22.3 Å². The average molecular weight is 315 g/mol. The van der Waals surface area contributed by atoms with E-state index >= 15 is 0 Å². The van der Waals surface area contributed by atoms with E-state index < -0.39 is 17.8 Å². The van der Waals surface area contributed by atoms with Gasteiger partial charge in [0.15, 0.2) is 6.10 Å². The molecule has 2 rings (SSSR count). The van der Waals surface area contributed by atoms with Crippen molar-refractivity contribution < 1.29 is 23.1 Å². The highest BCUT2D eigenvalue weighted by atomic mass is 32.2. The fourth-order valence-corrected chi connectivity index (χ4v) is 2.11. The van der Waals surface area contributed by atoms with Crippen LogP contribution in [0, 0.1) is 5.92 Å². The summed E-state index contributed by atoms with van der Waals surface area (Å²) in [4.78, 5) is 23.7. The standard InChI is InChI=1S/C14H15F2NO3S/c1-8(20-13(19)9-2-3-9)12(18)17-10-4-6-11(7-5-10)21-14(15)16/h4-9,14H,2-3H2,1H3,(H,17,18)/t8-/m0/s1. The van der Waals surface area contributed by atoms with Crippen molar-refractivity contribution in [3.8, 4) is 0 Å². The van der Waals surface area contributed by atoms with Gasteiger partial charge in [-0.05, 0) is 44.0 Å². The number of amides is 1. The lowest BCUT2D eigenvalue weighted by atomic mass is 10.3. The molecule has 1 N–H and O–H groups in total. The van der Waals surface area contributed by atoms with Crippen LogP contribution in [0.25, 0.3) is 0 Å². The Morgan fingerprint density at radius 3 is 2.43 bits per heavy atom. The summed E-state index contributed by atoms with van der Waals surface area (Å²) < 4.78 is 29.4. The Hall–Kier alpha value is -1.63. The van der Waals surface area contributed by atoms with Gasteiger partial charge in [0.2, 0.25) is 0 Å². The number of alkyl halides is 2. The molecule has 4 nitrogen and oxygen atoms in total. The summed E-state index contributed by atoms with van der Waals surface area (Å²) in [6.07, 6.45) is 0.751. The number of hydrogen-bond donors (Lipinski definition) is 1. The molecule has 1 aromatic carbocycles. The van der Waals surface area contributed by atoms with Crippen LogP contribution in [-0.4, -0.2) is 23.7 Å². The number of ether oxygens (including phenoxy) is 1. The number of anilines is 1. The van der Waals surface area contributed by atoms with Crippen molar-refractivity contribution in [2.75, 3.05) is 5.32 Å². The van der Waals surface area contributed by atoms with Crippen molar-refractivity contribution in [3.63, 3.8) is 0 Å². The van der Waals surface area contributed by atoms with E-state index in [0.717, 1.165) is 12.8 Å². The van der Waals surface area contributed by atoms with Gasteiger partial charge < -0.3 is 10.1 Å². The quantitative estimate of drug-likeness (QED) is 0.646. The highest BCUT2D eigenvalue weighted by molar-refractivity contribution is 7.99. The largest absolute Gasteiger partial charge is 0.452 e. The minimum atomic E-state index is -2.48. The molecule has 1 atom stereocenters. The van der Waals surface area contributed by atoms with Crippen LogP contribution >= 0.6 is 11.8 Å². The lowest BCUT2D eigenvalue weighted by Crippen LogP contribution is -2.30. The Bertz CT molecular complexity index is 517. The van der Waals surface area contributed by atoms with Crippen LogP contribution in [-0.2, 0) is 14.3 Å². The lowest BCUT2D eigenvalue weighted by molar-refractivity contribution is -0.154. The smallest absolute Gasteiger partial charge is 0.309 e. The van der Waals surface area contributed by atoms with Gasteiger partial charge in [-0.25, -0.2) is 0 Å². The van der Waals surface area contributed by atoms with Gasteiger partial charge in [0, 0.05) is 10.6 Å². The maximum Gasteiger partial charge on any atom is 0.309 e. The third-order valence-corrected chi connectivity index (χ3v) is 3.64. The van der Waals surface area contributed by atoms with Crippen LogP contribution in [0.4, 0.5) is 14.5 Å². The fourth-order valence-electron chi connectivity index (χ4n) is 1.61. The zero-order valence-electron chi connectivity index (χ0n) is 11.3. The maximum absolute atomic E-state index is 12.2. The third-order valence-electron chi connectivity index (χ3n) is 2.92. The second-order valence-electron chi connectivity index (χ2n) is 4.75. The van der Waals surface area contributed by atoms with E-state index in [1.54, 1.807) is 0 Å². The van der Waals surface area contributed by atoms with Crippen molar-refractivity contribution in [1.29, 1.82) is 0 Å². The highest BCUT2D eigenvalue weighted by Gasteiger charge is 2.33. The van der Waals surface area contributed by atoms with E-state index in [9.17, 15) is 18.4 Å². The minimum Gasteiger partial charge on any atom is -0.452 e. The first-order valence-corrected chi connectivity index (χ1v) is 7.40. The molecule has 0 aromatic heterocycles. The van der Waals surface area contributed by atoms with E-state index in [4.69, 9.17) is 4.74 Å². The van der Waals surface area contributed by atoms with Crippen LogP contribution in [0.1, 0.15) is 19.8 Å². The van der Waals surface area contributed by atoms with Gasteiger partial charge in [0.05, 0.1) is 5.92 Å². The molecule has 1 aliphatic rings. The summed E-state index contributed by atoms with van der Waals surface area (Å²) in [5.74, 6) is -3.34. The molecule has 1 amide bonds. The number of rotatable bonds is 6. The second kappa shape index (κ2) is 6.89. The molecule has 21 heavy (non-hydrogen) atoms. The molecule has 0 radical (unpaired) electrons. The Kier molecular flexibility index (Phi) is 5.17. The molecular weight excluding hydrogens is 300 g/mol. The second-order valence-corrected chi connectivity index (χ2v) is 5.81. The van der Waals surface area contributed by atoms with Crippen LogP contribution < -0.4 is 5.32 Å². The Balaban J connectivity index is 1.84. The Labute approximate surface area is 125 Å². The molecular formula is C14H15F2NO3S. The number of nitrogens with one attached hydrogen (secondary N) is 1. The number of carbonyl (C=O) groups excluding carboxylic acids is 2. The fraction of sp³-hybridized carbons (Fsp3) is 0.429. The van der Waals surface area contributed by atoms with Gasteiger partial charge in [-0.1, -0.05) is 11.8 Å². The molecule has 0 saturated heterocycles. The SMILES string of the molecule is C[C@H](OC(=O)C1CC1)C(=O)Nc1ccc(SC(F)F)cc1. The average Bonchev–Trinajstić information content (AvgIpc) is 3.24. The van der Waals surface area contributed by atoms with Crippen LogP contribution in [0.5, 0.6) is 0 Å². The molecule has 1 fully saturated rings. The van der Waals surface area contributed by atoms with Crippen LogP contribution in [0.15, 0.2) is 29.2 Å². The lowest BCUT2D eigenvalue weighted by Gasteiger charge is -2.13. The summed E-state index contributed by atoms with van der Waals surface area (Å²) in [5.41, 5.74) is 0.466. The number of benzene rings is 1. The molecule has 0 unspecified atom stereocenters. The first kappa shape index (κ1) is 15.8. The van der Waals surface area contributed by atoms with Crippen LogP contribution in [0.2, 0.25) is 0 Å². The maximum atomic E-state index is 12.2. The molecule has 0 bridgehead atoms. The van der Waals surface area contributed by atoms with Crippen molar-refractivity contribution in [2.24, 2.45) is 5.92 Å². The molecule has 0 heterocycles. The van der Waals surface area contributed by atoms with Gasteiger partial charge in [0.1, 0.15) is 0 Å². The number of thioether (sulfide) groups is 1. The summed E-state index contributed by atoms with van der Waals surface area (Å²) in [6.45, 7) is 1.50. The molecule has 1 aliphatic carbocycles. The van der Waals surface area contributed by atoms with Gasteiger partial charge in [-0.15, -0.1) is 0 Å². The van der Waals surface area contributed by atoms with Crippen molar-refractivity contribution in [3.05, 3.63) is 24.3 Å². The first-order chi connectivity index (χ1) is 9.95. The van der Waals surface area contributed by atoms with E-state index in [-0.39, 0.29) is 11.9 Å². The molecule has 0 aliphatic heterocycles. The van der Waals surface area contributed by atoms with Gasteiger partial charge in [0.25, 0.3) is 11.7 Å². The molecule has 7 heteroatoms. The number of carbonyl (C=O) groups is 2. The van der Waals surface area contributed by atoms with E-state index in [1.165, 1.54) is 31.2 Å². The summed E-state index contributed by atoms with van der Waals surface area (Å²) in [5, 5.41) is 2.57. The topological polar surface area (TPSA) is 55.4 Å². The summed E-state index contributed by atoms with van der Waals surface area (Å²) in [6, 6.07) is 6.04. The van der Waals surface area contributed by atoms with Crippen LogP contribution in [0.3, 0.4) is 0 Å². The number of halogens is 2. The van der Waals surface area contributed by atoms with Crippen molar-refractivity contribution in [1.82, 2.24) is 0 Å². The summed E-state index contributed by atoms with van der Waals surface area (Å²) >= 11 is 0.435.